The molecule has 0 saturated heterocycles. The first-order chi connectivity index (χ1) is 9.61. The molecule has 4 N–H and O–H groups in total. The van der Waals surface area contributed by atoms with Gasteiger partial charge in [-0.2, -0.15) is 13.2 Å². The normalized spacial score (nSPS) is 19.4. The third kappa shape index (κ3) is 7.12. The molecule has 0 aromatic rings. The van der Waals surface area contributed by atoms with Gasteiger partial charge < -0.3 is 5.73 Å². The van der Waals surface area contributed by atoms with Crippen LogP contribution in [0, 0.1) is 11.3 Å². The van der Waals surface area contributed by atoms with Crippen LogP contribution >= 0.6 is 0 Å². The second-order valence-corrected chi connectivity index (χ2v) is 7.36. The van der Waals surface area contributed by atoms with Crippen molar-refractivity contribution >= 4 is 15.9 Å². The number of hydrogen-bond donors (Lipinski definition) is 3. The van der Waals surface area contributed by atoms with Crippen LogP contribution in [0.3, 0.4) is 0 Å². The van der Waals surface area contributed by atoms with Crippen molar-refractivity contribution in [1.29, 1.82) is 5.41 Å². The molecule has 0 amide bonds. The highest BCUT2D eigenvalue weighted by molar-refractivity contribution is 7.89. The summed E-state index contributed by atoms with van der Waals surface area (Å²) < 4.78 is 62.1. The summed E-state index contributed by atoms with van der Waals surface area (Å²) >= 11 is 0. The summed E-state index contributed by atoms with van der Waals surface area (Å²) in [4.78, 5) is 0. The molecule has 0 aromatic heterocycles. The van der Waals surface area contributed by atoms with Gasteiger partial charge in [0.2, 0.25) is 10.0 Å². The first-order valence-corrected chi connectivity index (χ1v) is 8.66. The van der Waals surface area contributed by atoms with Gasteiger partial charge in [-0.25, -0.2) is 13.1 Å². The van der Waals surface area contributed by atoms with E-state index in [1.807, 2.05) is 0 Å². The van der Waals surface area contributed by atoms with Crippen molar-refractivity contribution in [2.24, 2.45) is 11.7 Å². The zero-order chi connectivity index (χ0) is 16.1. The highest BCUT2D eigenvalue weighted by Gasteiger charge is 2.31. The molecule has 5 nitrogen and oxygen atoms in total. The molecular weight excluding hydrogens is 307 g/mol. The highest BCUT2D eigenvalue weighted by atomic mass is 32.2. The summed E-state index contributed by atoms with van der Waals surface area (Å²) in [7, 11) is -3.87. The summed E-state index contributed by atoms with van der Waals surface area (Å²) in [6.07, 6.45) is -1.48. The maximum Gasteiger partial charge on any atom is 0.389 e. The lowest BCUT2D eigenvalue weighted by Crippen LogP contribution is -2.49. The molecule has 0 bridgehead atoms. The Morgan fingerprint density at radius 2 is 1.86 bits per heavy atom. The van der Waals surface area contributed by atoms with E-state index in [9.17, 15) is 21.6 Å². The fourth-order valence-electron chi connectivity index (χ4n) is 2.60. The van der Waals surface area contributed by atoms with Crippen molar-refractivity contribution in [3.05, 3.63) is 0 Å². The van der Waals surface area contributed by atoms with Gasteiger partial charge in [0.05, 0.1) is 11.8 Å². The third-order valence-corrected chi connectivity index (χ3v) is 5.08. The van der Waals surface area contributed by atoms with E-state index in [4.69, 9.17) is 11.1 Å². The van der Waals surface area contributed by atoms with E-state index in [0.29, 0.717) is 0 Å². The SMILES string of the molecule is N=C(N)C(NS(=O)(=O)CCCC(F)(F)F)C1CCCCC1. The van der Waals surface area contributed by atoms with Crippen molar-refractivity contribution in [3.63, 3.8) is 0 Å². The van der Waals surface area contributed by atoms with Crippen molar-refractivity contribution in [1.82, 2.24) is 4.72 Å². The standard InChI is InChI=1S/C12H22F3N3O2S/c13-12(14,15)7-4-8-21(19,20)18-10(11(16)17)9-5-2-1-3-6-9/h9-10,18H,1-8H2,(H3,16,17). The molecule has 1 aliphatic rings. The van der Waals surface area contributed by atoms with Crippen molar-refractivity contribution in [2.45, 2.75) is 57.2 Å². The van der Waals surface area contributed by atoms with Gasteiger partial charge in [0.15, 0.2) is 0 Å². The average molecular weight is 329 g/mol. The van der Waals surface area contributed by atoms with Crippen LogP contribution in [-0.4, -0.2) is 32.2 Å². The minimum Gasteiger partial charge on any atom is -0.386 e. The Hall–Kier alpha value is -0.830. The maximum absolute atomic E-state index is 12.0. The van der Waals surface area contributed by atoms with Gasteiger partial charge >= 0.3 is 6.18 Å². The molecule has 1 fully saturated rings. The van der Waals surface area contributed by atoms with Gasteiger partial charge in [-0.05, 0) is 25.2 Å². The molecule has 1 unspecified atom stereocenters. The molecule has 0 aromatic carbocycles. The molecule has 0 aliphatic heterocycles. The first-order valence-electron chi connectivity index (χ1n) is 7.01. The second kappa shape index (κ2) is 7.44. The van der Waals surface area contributed by atoms with E-state index in [1.54, 1.807) is 0 Å². The van der Waals surface area contributed by atoms with E-state index in [-0.39, 0.29) is 11.8 Å². The number of halogens is 3. The van der Waals surface area contributed by atoms with Crippen molar-refractivity contribution in [3.8, 4) is 0 Å². The number of nitrogens with one attached hydrogen (secondary N) is 2. The van der Waals surface area contributed by atoms with Gasteiger partial charge in [-0.3, -0.25) is 5.41 Å². The second-order valence-electron chi connectivity index (χ2n) is 5.49. The van der Waals surface area contributed by atoms with E-state index in [2.05, 4.69) is 4.72 Å². The average Bonchev–Trinajstić information content (AvgIpc) is 2.35. The molecule has 1 atom stereocenters. The molecule has 124 valence electrons. The Kier molecular flexibility index (Phi) is 6.45. The number of rotatable bonds is 7. The number of alkyl halides is 3. The third-order valence-electron chi connectivity index (χ3n) is 3.64. The van der Waals surface area contributed by atoms with E-state index >= 15 is 0 Å². The van der Waals surface area contributed by atoms with Crippen molar-refractivity contribution < 1.29 is 21.6 Å². The van der Waals surface area contributed by atoms with Crippen LogP contribution in [0.25, 0.3) is 0 Å². The van der Waals surface area contributed by atoms with Crippen molar-refractivity contribution in [2.75, 3.05) is 5.75 Å². The Bertz CT molecular complexity index is 445. The summed E-state index contributed by atoms with van der Waals surface area (Å²) in [5.41, 5.74) is 5.45. The maximum atomic E-state index is 12.0. The largest absolute Gasteiger partial charge is 0.389 e. The monoisotopic (exact) mass is 329 g/mol. The number of amidine groups is 1. The van der Waals surface area contributed by atoms with Crippen LogP contribution in [0.5, 0.6) is 0 Å². The molecule has 1 aliphatic carbocycles. The molecule has 21 heavy (non-hydrogen) atoms. The van der Waals surface area contributed by atoms with E-state index in [0.717, 1.165) is 32.1 Å². The lowest BCUT2D eigenvalue weighted by molar-refractivity contribution is -0.134. The highest BCUT2D eigenvalue weighted by Crippen LogP contribution is 2.27. The Labute approximate surface area is 123 Å². The zero-order valence-corrected chi connectivity index (χ0v) is 12.6. The molecule has 1 saturated carbocycles. The number of sulfonamides is 1. The van der Waals surface area contributed by atoms with Crippen LogP contribution in [0.2, 0.25) is 0 Å². The first kappa shape index (κ1) is 18.2. The summed E-state index contributed by atoms with van der Waals surface area (Å²) in [5, 5.41) is 7.51. The number of nitrogens with two attached hydrogens (primary N) is 1. The van der Waals surface area contributed by atoms with Crippen LogP contribution < -0.4 is 10.5 Å². The number of hydrogen-bond acceptors (Lipinski definition) is 3. The lowest BCUT2D eigenvalue weighted by Gasteiger charge is -2.29. The lowest BCUT2D eigenvalue weighted by atomic mass is 9.84. The van der Waals surface area contributed by atoms with Gasteiger partial charge in [0, 0.05) is 6.42 Å². The smallest absolute Gasteiger partial charge is 0.386 e. The molecule has 0 spiro atoms. The zero-order valence-electron chi connectivity index (χ0n) is 11.7. The van der Waals surface area contributed by atoms with E-state index in [1.165, 1.54) is 0 Å². The quantitative estimate of drug-likeness (QED) is 0.493. The van der Waals surface area contributed by atoms with Gasteiger partial charge in [0.25, 0.3) is 0 Å². The van der Waals surface area contributed by atoms with Crippen LogP contribution in [-0.2, 0) is 10.0 Å². The fraction of sp³-hybridized carbons (Fsp3) is 0.917. The van der Waals surface area contributed by atoms with Gasteiger partial charge in [0.1, 0.15) is 5.84 Å². The molecular formula is C12H22F3N3O2S. The molecule has 9 heteroatoms. The summed E-state index contributed by atoms with van der Waals surface area (Å²) in [6, 6.07) is -0.804. The predicted molar refractivity (Wildman–Crippen MR) is 74.5 cm³/mol. The molecule has 0 heterocycles. The van der Waals surface area contributed by atoms with Crippen LogP contribution in [0.15, 0.2) is 0 Å². The van der Waals surface area contributed by atoms with Crippen LogP contribution in [0.4, 0.5) is 13.2 Å². The Morgan fingerprint density at radius 3 is 2.33 bits per heavy atom. The van der Waals surface area contributed by atoms with E-state index < -0.39 is 40.8 Å². The van der Waals surface area contributed by atoms with Gasteiger partial charge in [-0.15, -0.1) is 0 Å². The fourth-order valence-corrected chi connectivity index (χ4v) is 3.94. The predicted octanol–water partition coefficient (Wildman–Crippen LogP) is 2.13. The minimum atomic E-state index is -4.36. The summed E-state index contributed by atoms with van der Waals surface area (Å²) in [5.74, 6) is -0.932. The Balaban J connectivity index is 2.58. The Morgan fingerprint density at radius 1 is 1.29 bits per heavy atom. The minimum absolute atomic E-state index is 0.0476. The van der Waals surface area contributed by atoms with Gasteiger partial charge in [-0.1, -0.05) is 19.3 Å². The molecule has 1 rings (SSSR count). The summed E-state index contributed by atoms with van der Waals surface area (Å²) in [6.45, 7) is 0. The molecule has 0 radical (unpaired) electrons. The topological polar surface area (TPSA) is 96.0 Å². The van der Waals surface area contributed by atoms with Crippen LogP contribution in [0.1, 0.15) is 44.9 Å².